The van der Waals surface area contributed by atoms with Crippen molar-refractivity contribution in [3.63, 3.8) is 0 Å². The molecule has 4 aromatic rings. The van der Waals surface area contributed by atoms with E-state index < -0.39 is 5.41 Å². The van der Waals surface area contributed by atoms with Gasteiger partial charge in [-0.1, -0.05) is 74.2 Å². The second-order valence-corrected chi connectivity index (χ2v) is 11.2. The van der Waals surface area contributed by atoms with E-state index in [4.69, 9.17) is 0 Å². The van der Waals surface area contributed by atoms with Crippen molar-refractivity contribution in [2.45, 2.75) is 57.3 Å². The fraction of sp³-hybridized carbons (Fsp3) is 0.375. The van der Waals surface area contributed by atoms with Gasteiger partial charge in [-0.2, -0.15) is 4.52 Å². The van der Waals surface area contributed by atoms with Gasteiger partial charge < -0.3 is 4.57 Å². The van der Waals surface area contributed by atoms with Crippen molar-refractivity contribution in [1.29, 1.82) is 0 Å². The Morgan fingerprint density at radius 3 is 2.55 bits per heavy atom. The Labute approximate surface area is 200 Å². The van der Waals surface area contributed by atoms with E-state index in [1.54, 1.807) is 0 Å². The van der Waals surface area contributed by atoms with Gasteiger partial charge in [-0.25, -0.2) is 0 Å². The summed E-state index contributed by atoms with van der Waals surface area (Å²) in [5.41, 5.74) is 3.77. The zero-order valence-electron chi connectivity index (χ0n) is 19.5. The summed E-state index contributed by atoms with van der Waals surface area (Å²) in [6.45, 7) is 10.6. The van der Waals surface area contributed by atoms with Crippen LogP contribution in [0.25, 0.3) is 4.96 Å². The number of aryl methyl sites for hydroxylation is 2. The summed E-state index contributed by atoms with van der Waals surface area (Å²) in [5.74, 6) is 0.295. The topological polar surface area (TPSA) is 82.2 Å². The number of ketones is 1. The fourth-order valence-corrected chi connectivity index (χ4v) is 5.50. The van der Waals surface area contributed by atoms with Crippen LogP contribution in [0.4, 0.5) is 0 Å². The Morgan fingerprint density at radius 2 is 1.85 bits per heavy atom. The van der Waals surface area contributed by atoms with Crippen molar-refractivity contribution in [1.82, 2.24) is 24.4 Å². The third kappa shape index (κ3) is 4.94. The lowest BCUT2D eigenvalue weighted by Crippen LogP contribution is -2.30. The Kier molecular flexibility index (Phi) is 6.54. The highest BCUT2D eigenvalue weighted by atomic mass is 32.2. The van der Waals surface area contributed by atoms with Gasteiger partial charge in [-0.3, -0.25) is 9.59 Å². The summed E-state index contributed by atoms with van der Waals surface area (Å²) in [5, 5.41) is 12.6. The molecule has 0 saturated carbocycles. The van der Waals surface area contributed by atoms with Crippen molar-refractivity contribution in [3.05, 3.63) is 75.0 Å². The van der Waals surface area contributed by atoms with E-state index in [9.17, 15) is 9.59 Å². The van der Waals surface area contributed by atoms with Gasteiger partial charge in [0.05, 0.1) is 5.75 Å². The normalized spacial score (nSPS) is 11.9. The number of nitrogens with zero attached hydrogens (tertiary/aromatic N) is 5. The minimum absolute atomic E-state index is 0.0483. The number of Topliss-reactive ketones (excluding diaryl/α,β-unsaturated/α-hetero) is 1. The molecule has 0 saturated heterocycles. The van der Waals surface area contributed by atoms with Gasteiger partial charge in [0.1, 0.15) is 5.69 Å². The zero-order chi connectivity index (χ0) is 23.8. The summed E-state index contributed by atoms with van der Waals surface area (Å²) < 4.78 is 4.12. The molecule has 1 aromatic carbocycles. The van der Waals surface area contributed by atoms with Crippen LogP contribution in [0.3, 0.4) is 0 Å². The number of aromatic nitrogens is 5. The van der Waals surface area contributed by atoms with Crippen LogP contribution in [-0.2, 0) is 18.4 Å². The summed E-state index contributed by atoms with van der Waals surface area (Å²) in [6, 6.07) is 12.3. The summed E-state index contributed by atoms with van der Waals surface area (Å²) in [4.78, 5) is 26.1. The van der Waals surface area contributed by atoms with E-state index in [2.05, 4.69) is 32.0 Å². The Hall–Kier alpha value is -2.78. The monoisotopic (exact) mass is 481 g/mol. The molecule has 0 bridgehead atoms. The Balaban J connectivity index is 1.47. The maximum absolute atomic E-state index is 13.0. The summed E-state index contributed by atoms with van der Waals surface area (Å²) >= 11 is 2.60. The van der Waals surface area contributed by atoms with Crippen molar-refractivity contribution >= 4 is 33.8 Å². The molecule has 0 N–H and O–H groups in total. The van der Waals surface area contributed by atoms with Gasteiger partial charge >= 0.3 is 0 Å². The molecule has 0 aliphatic heterocycles. The number of carbonyl (C=O) groups excluding carboxylic acids is 1. The lowest BCUT2D eigenvalue weighted by Gasteiger charge is -2.14. The number of thioether (sulfide) groups is 1. The molecule has 0 unspecified atom stereocenters. The SMILES string of the molecule is Cc1cc(C(=O)CSc2nn3c(=O)c(C(C)(C)C)nnc3s2)c(C)n1CCc1ccccc1. The quantitative estimate of drug-likeness (QED) is 0.286. The molecule has 0 aliphatic rings. The molecule has 33 heavy (non-hydrogen) atoms. The van der Waals surface area contributed by atoms with E-state index in [0.717, 1.165) is 29.9 Å². The number of fused-ring (bicyclic) bond motifs is 1. The van der Waals surface area contributed by atoms with Gasteiger partial charge in [0.2, 0.25) is 4.96 Å². The maximum Gasteiger partial charge on any atom is 0.297 e. The number of hydrogen-bond acceptors (Lipinski definition) is 7. The van der Waals surface area contributed by atoms with Crippen LogP contribution in [-0.4, -0.2) is 35.9 Å². The average molecular weight is 482 g/mol. The van der Waals surface area contributed by atoms with Crippen molar-refractivity contribution in [2.75, 3.05) is 5.75 Å². The molecule has 0 atom stereocenters. The molecule has 0 fully saturated rings. The highest BCUT2D eigenvalue weighted by Gasteiger charge is 2.23. The number of rotatable bonds is 7. The molecule has 3 heterocycles. The van der Waals surface area contributed by atoms with Crippen molar-refractivity contribution in [3.8, 4) is 0 Å². The Morgan fingerprint density at radius 1 is 1.12 bits per heavy atom. The largest absolute Gasteiger partial charge is 0.348 e. The predicted octanol–water partition coefficient (Wildman–Crippen LogP) is 4.48. The van der Waals surface area contributed by atoms with Gasteiger partial charge in [0.25, 0.3) is 5.56 Å². The lowest BCUT2D eigenvalue weighted by atomic mass is 9.93. The second kappa shape index (κ2) is 9.23. The third-order valence-corrected chi connectivity index (χ3v) is 7.58. The number of hydrogen-bond donors (Lipinski definition) is 0. The molecule has 172 valence electrons. The zero-order valence-corrected chi connectivity index (χ0v) is 21.1. The molecule has 7 nitrogen and oxygen atoms in total. The third-order valence-electron chi connectivity index (χ3n) is 5.55. The second-order valence-electron chi connectivity index (χ2n) is 9.05. The van der Waals surface area contributed by atoms with Crippen molar-refractivity contribution < 1.29 is 4.79 Å². The molecular weight excluding hydrogens is 454 g/mol. The van der Waals surface area contributed by atoms with Crippen LogP contribution in [0.2, 0.25) is 0 Å². The molecule has 9 heteroatoms. The van der Waals surface area contributed by atoms with Crippen LogP contribution in [0.1, 0.15) is 53.8 Å². The van der Waals surface area contributed by atoms with Crippen molar-refractivity contribution in [2.24, 2.45) is 0 Å². The summed E-state index contributed by atoms with van der Waals surface area (Å²) in [6.07, 6.45) is 0.914. The van der Waals surface area contributed by atoms with Crippen LogP contribution >= 0.6 is 23.1 Å². The van der Waals surface area contributed by atoms with E-state index in [0.29, 0.717) is 15.0 Å². The smallest absolute Gasteiger partial charge is 0.297 e. The minimum atomic E-state index is -0.415. The molecule has 0 radical (unpaired) electrons. The minimum Gasteiger partial charge on any atom is -0.348 e. The molecule has 3 aromatic heterocycles. The highest BCUT2D eigenvalue weighted by Crippen LogP contribution is 2.26. The van der Waals surface area contributed by atoms with Gasteiger partial charge in [0.15, 0.2) is 10.1 Å². The Bertz CT molecular complexity index is 1360. The lowest BCUT2D eigenvalue weighted by molar-refractivity contribution is 0.102. The van der Waals surface area contributed by atoms with Gasteiger partial charge in [-0.15, -0.1) is 15.3 Å². The van der Waals surface area contributed by atoms with Crippen LogP contribution in [0, 0.1) is 13.8 Å². The predicted molar refractivity (Wildman–Crippen MR) is 133 cm³/mol. The maximum atomic E-state index is 13.0. The molecular formula is C24H27N5O2S2. The van der Waals surface area contributed by atoms with Gasteiger partial charge in [0, 0.05) is 28.9 Å². The van der Waals surface area contributed by atoms with Crippen LogP contribution in [0.15, 0.2) is 45.5 Å². The first-order valence-electron chi connectivity index (χ1n) is 10.8. The van der Waals surface area contributed by atoms with E-state index in [1.807, 2.05) is 58.9 Å². The number of benzene rings is 1. The van der Waals surface area contributed by atoms with E-state index >= 15 is 0 Å². The van der Waals surface area contributed by atoms with Crippen LogP contribution in [0.5, 0.6) is 0 Å². The first-order chi connectivity index (χ1) is 15.6. The first-order valence-corrected chi connectivity index (χ1v) is 12.6. The standard InChI is InChI=1S/C24H27N5O2S2/c1-15-13-18(16(2)28(15)12-11-17-9-7-6-8-10-17)19(30)14-32-23-27-29-21(31)20(24(3,4)5)25-26-22(29)33-23/h6-10,13H,11-12,14H2,1-5H3. The molecule has 4 rings (SSSR count). The summed E-state index contributed by atoms with van der Waals surface area (Å²) in [7, 11) is 0. The van der Waals surface area contributed by atoms with Gasteiger partial charge in [-0.05, 0) is 31.9 Å². The fourth-order valence-electron chi connectivity index (χ4n) is 3.74. The highest BCUT2D eigenvalue weighted by molar-refractivity contribution is 8.01. The van der Waals surface area contributed by atoms with E-state index in [1.165, 1.54) is 33.2 Å². The van der Waals surface area contributed by atoms with Crippen LogP contribution < -0.4 is 5.56 Å². The average Bonchev–Trinajstić information content (AvgIpc) is 3.31. The molecule has 0 aliphatic carbocycles. The van der Waals surface area contributed by atoms with E-state index in [-0.39, 0.29) is 17.1 Å². The molecule has 0 amide bonds. The number of carbonyl (C=O) groups is 1. The first kappa shape index (κ1) is 23.4. The molecule has 0 spiro atoms.